The normalized spacial score (nSPS) is 15.8. The van der Waals surface area contributed by atoms with Crippen molar-refractivity contribution < 1.29 is 14.3 Å². The Labute approximate surface area is 186 Å². The van der Waals surface area contributed by atoms with Crippen LogP contribution in [0.1, 0.15) is 41.4 Å². The quantitative estimate of drug-likeness (QED) is 0.605. The van der Waals surface area contributed by atoms with Crippen molar-refractivity contribution in [1.29, 1.82) is 0 Å². The molecule has 0 fully saturated rings. The predicted octanol–water partition coefficient (Wildman–Crippen LogP) is 5.31. The van der Waals surface area contributed by atoms with Crippen molar-refractivity contribution in [3.63, 3.8) is 0 Å². The van der Waals surface area contributed by atoms with Crippen LogP contribution in [0.5, 0.6) is 5.75 Å². The summed E-state index contributed by atoms with van der Waals surface area (Å²) in [6.45, 7) is 3.82. The summed E-state index contributed by atoms with van der Waals surface area (Å²) in [4.78, 5) is 27.8. The van der Waals surface area contributed by atoms with Crippen molar-refractivity contribution in [2.75, 3.05) is 11.9 Å². The van der Waals surface area contributed by atoms with E-state index < -0.39 is 6.04 Å². The van der Waals surface area contributed by atoms with Crippen LogP contribution >= 0.6 is 11.6 Å². The molecule has 0 bridgehead atoms. The Balaban J connectivity index is 1.78. The lowest BCUT2D eigenvalue weighted by Crippen LogP contribution is -2.39. The number of halogens is 1. The average Bonchev–Trinajstić information content (AvgIpc) is 2.89. The van der Waals surface area contributed by atoms with Crippen LogP contribution in [0.25, 0.3) is 0 Å². The summed E-state index contributed by atoms with van der Waals surface area (Å²) in [5, 5.41) is 3.45. The second-order valence-corrected chi connectivity index (χ2v) is 8.15. The van der Waals surface area contributed by atoms with Crippen LogP contribution in [0.3, 0.4) is 0 Å². The molecule has 0 spiro atoms. The molecule has 2 amide bonds. The van der Waals surface area contributed by atoms with Crippen LogP contribution in [-0.4, -0.2) is 29.4 Å². The fraction of sp³-hybridized carbons (Fsp3) is 0.200. The molecule has 0 saturated carbocycles. The van der Waals surface area contributed by atoms with Gasteiger partial charge in [0.05, 0.1) is 12.1 Å². The third-order valence-corrected chi connectivity index (χ3v) is 5.29. The van der Waals surface area contributed by atoms with Crippen molar-refractivity contribution in [3.8, 4) is 5.75 Å². The fourth-order valence-corrected chi connectivity index (χ4v) is 3.96. The summed E-state index contributed by atoms with van der Waals surface area (Å²) in [5.74, 6) is 0.194. The highest BCUT2D eigenvalue weighted by Crippen LogP contribution is 2.38. The molecule has 0 aliphatic carbocycles. The lowest BCUT2D eigenvalue weighted by Gasteiger charge is -2.30. The Morgan fingerprint density at radius 2 is 1.77 bits per heavy atom. The molecule has 0 aromatic heterocycles. The summed E-state index contributed by atoms with van der Waals surface area (Å²) >= 11 is 6.29. The number of carbonyl (C=O) groups excluding carboxylic acids is 2. The summed E-state index contributed by atoms with van der Waals surface area (Å²) < 4.78 is 5.68. The summed E-state index contributed by atoms with van der Waals surface area (Å²) in [6, 6.07) is 21.5. The zero-order chi connectivity index (χ0) is 22.0. The minimum Gasteiger partial charge on any atom is -0.491 e. The Morgan fingerprint density at radius 3 is 2.45 bits per heavy atom. The van der Waals surface area contributed by atoms with Crippen LogP contribution < -0.4 is 10.1 Å². The smallest absolute Gasteiger partial charge is 0.255 e. The van der Waals surface area contributed by atoms with Crippen molar-refractivity contribution in [2.45, 2.75) is 26.0 Å². The van der Waals surface area contributed by atoms with E-state index >= 15 is 0 Å². The van der Waals surface area contributed by atoms with Crippen molar-refractivity contribution in [1.82, 2.24) is 4.90 Å². The van der Waals surface area contributed by atoms with Crippen LogP contribution in [-0.2, 0) is 4.79 Å². The molecule has 6 heteroatoms. The molecule has 1 atom stereocenters. The topological polar surface area (TPSA) is 58.6 Å². The van der Waals surface area contributed by atoms with E-state index in [4.69, 9.17) is 16.3 Å². The van der Waals surface area contributed by atoms with Gasteiger partial charge in [-0.3, -0.25) is 9.59 Å². The Kier molecular flexibility index (Phi) is 5.96. The van der Waals surface area contributed by atoms with Crippen LogP contribution in [0.15, 0.2) is 72.8 Å². The highest BCUT2D eigenvalue weighted by atomic mass is 35.5. The minimum atomic E-state index is -0.465. The van der Waals surface area contributed by atoms with Gasteiger partial charge in [-0.1, -0.05) is 41.9 Å². The number of hydrogen-bond donors (Lipinski definition) is 1. The van der Waals surface area contributed by atoms with E-state index in [9.17, 15) is 9.59 Å². The van der Waals surface area contributed by atoms with Crippen molar-refractivity contribution >= 4 is 29.1 Å². The average molecular weight is 435 g/mol. The van der Waals surface area contributed by atoms with E-state index in [0.29, 0.717) is 22.0 Å². The third-order valence-electron chi connectivity index (χ3n) is 5.06. The number of ether oxygens (including phenoxy) is 1. The molecule has 4 rings (SSSR count). The van der Waals surface area contributed by atoms with Gasteiger partial charge in [0.25, 0.3) is 5.91 Å². The SMILES string of the molecule is CC(C)Oc1ccc(C(=O)N2CC(=O)Nc3ccc(Cl)cc3[C@H]2c2ccccc2)cc1. The zero-order valence-electron chi connectivity index (χ0n) is 17.3. The van der Waals surface area contributed by atoms with E-state index in [1.165, 1.54) is 0 Å². The van der Waals surface area contributed by atoms with E-state index in [1.54, 1.807) is 47.4 Å². The van der Waals surface area contributed by atoms with Gasteiger partial charge in [-0.15, -0.1) is 0 Å². The van der Waals surface area contributed by atoms with E-state index in [0.717, 1.165) is 11.1 Å². The van der Waals surface area contributed by atoms with Gasteiger partial charge >= 0.3 is 0 Å². The van der Waals surface area contributed by atoms with Crippen LogP contribution in [0.2, 0.25) is 5.02 Å². The van der Waals surface area contributed by atoms with Gasteiger partial charge < -0.3 is 15.0 Å². The number of rotatable bonds is 4. The van der Waals surface area contributed by atoms with Gasteiger partial charge in [-0.2, -0.15) is 0 Å². The number of nitrogens with one attached hydrogen (secondary N) is 1. The monoisotopic (exact) mass is 434 g/mol. The second-order valence-electron chi connectivity index (χ2n) is 7.72. The zero-order valence-corrected chi connectivity index (χ0v) is 18.1. The number of benzene rings is 3. The predicted molar refractivity (Wildman–Crippen MR) is 122 cm³/mol. The maximum Gasteiger partial charge on any atom is 0.255 e. The molecule has 1 N–H and O–H groups in total. The molecular weight excluding hydrogens is 412 g/mol. The maximum absolute atomic E-state index is 13.6. The first kappa shape index (κ1) is 20.9. The highest BCUT2D eigenvalue weighted by molar-refractivity contribution is 6.30. The number of carbonyl (C=O) groups is 2. The molecule has 158 valence electrons. The Hall–Kier alpha value is -3.31. The van der Waals surface area contributed by atoms with Crippen LogP contribution in [0.4, 0.5) is 5.69 Å². The molecule has 31 heavy (non-hydrogen) atoms. The summed E-state index contributed by atoms with van der Waals surface area (Å²) in [6.07, 6.45) is 0.0413. The standard InChI is InChI=1S/C25H23ClN2O3/c1-16(2)31-20-11-8-18(9-12-20)25(30)28-15-23(29)27-22-13-10-19(26)14-21(22)24(28)17-6-4-3-5-7-17/h3-14,16,24H,15H2,1-2H3,(H,27,29)/t24-/m1/s1. The van der Waals surface area contributed by atoms with Gasteiger partial charge in [0.1, 0.15) is 12.3 Å². The van der Waals surface area contributed by atoms with Crippen molar-refractivity contribution in [3.05, 3.63) is 94.5 Å². The van der Waals surface area contributed by atoms with E-state index in [2.05, 4.69) is 5.32 Å². The molecular formula is C25H23ClN2O3. The molecule has 0 saturated heterocycles. The van der Waals surface area contributed by atoms with Crippen molar-refractivity contribution in [2.24, 2.45) is 0 Å². The largest absolute Gasteiger partial charge is 0.491 e. The molecule has 3 aromatic rings. The number of hydrogen-bond acceptors (Lipinski definition) is 3. The minimum absolute atomic E-state index is 0.0413. The first-order valence-corrected chi connectivity index (χ1v) is 10.5. The molecule has 0 unspecified atom stereocenters. The first-order valence-electron chi connectivity index (χ1n) is 10.1. The fourth-order valence-electron chi connectivity index (χ4n) is 3.78. The number of amides is 2. The van der Waals surface area contributed by atoms with Gasteiger partial charge in [-0.25, -0.2) is 0 Å². The first-order chi connectivity index (χ1) is 14.9. The summed E-state index contributed by atoms with van der Waals surface area (Å²) in [7, 11) is 0. The van der Waals surface area contributed by atoms with E-state index in [1.807, 2.05) is 44.2 Å². The Bertz CT molecular complexity index is 1100. The number of nitrogens with zero attached hydrogens (tertiary/aromatic N) is 1. The van der Waals surface area contributed by atoms with Gasteiger partial charge in [-0.05, 0) is 61.9 Å². The second kappa shape index (κ2) is 8.82. The lowest BCUT2D eigenvalue weighted by atomic mass is 9.95. The third kappa shape index (κ3) is 4.57. The molecule has 3 aromatic carbocycles. The molecule has 5 nitrogen and oxygen atoms in total. The maximum atomic E-state index is 13.6. The number of fused-ring (bicyclic) bond motifs is 1. The van der Waals surface area contributed by atoms with Gasteiger partial charge in [0, 0.05) is 21.8 Å². The molecule has 1 aliphatic rings. The molecule has 1 heterocycles. The highest BCUT2D eigenvalue weighted by Gasteiger charge is 2.34. The van der Waals surface area contributed by atoms with Crippen LogP contribution in [0, 0.1) is 0 Å². The van der Waals surface area contributed by atoms with Gasteiger partial charge in [0.2, 0.25) is 5.91 Å². The summed E-state index contributed by atoms with van der Waals surface area (Å²) in [5.41, 5.74) is 2.81. The Morgan fingerprint density at radius 1 is 1.06 bits per heavy atom. The van der Waals surface area contributed by atoms with E-state index in [-0.39, 0.29) is 24.5 Å². The van der Waals surface area contributed by atoms with Gasteiger partial charge in [0.15, 0.2) is 0 Å². The molecule has 0 radical (unpaired) electrons. The number of anilines is 1. The molecule has 1 aliphatic heterocycles. The lowest BCUT2D eigenvalue weighted by molar-refractivity contribution is -0.117.